The lowest BCUT2D eigenvalue weighted by atomic mass is 10.0. The van der Waals surface area contributed by atoms with Gasteiger partial charge in [-0.15, -0.1) is 0 Å². The van der Waals surface area contributed by atoms with E-state index in [9.17, 15) is 14.9 Å². The summed E-state index contributed by atoms with van der Waals surface area (Å²) in [6.07, 6.45) is 2.60. The number of fused-ring (bicyclic) bond motifs is 1. The van der Waals surface area contributed by atoms with Gasteiger partial charge in [0, 0.05) is 12.3 Å². The van der Waals surface area contributed by atoms with E-state index in [0.29, 0.717) is 17.2 Å². The molecule has 94 valence electrons. The maximum absolute atomic E-state index is 11.0. The third kappa shape index (κ3) is 1.98. The summed E-state index contributed by atoms with van der Waals surface area (Å²) in [5.74, 6) is 0. The van der Waals surface area contributed by atoms with Crippen LogP contribution >= 0.6 is 0 Å². The highest BCUT2D eigenvalue weighted by atomic mass is 16.6. The molecular formula is C12H13N3O3. The molecule has 2 aromatic rings. The van der Waals surface area contributed by atoms with Crippen LogP contribution in [-0.4, -0.2) is 22.2 Å². The highest BCUT2D eigenvalue weighted by Crippen LogP contribution is 2.31. The summed E-state index contributed by atoms with van der Waals surface area (Å²) >= 11 is 0. The summed E-state index contributed by atoms with van der Waals surface area (Å²) in [6.45, 7) is 1.87. The second-order valence-corrected chi connectivity index (χ2v) is 4.23. The summed E-state index contributed by atoms with van der Waals surface area (Å²) in [5, 5.41) is 11.6. The van der Waals surface area contributed by atoms with Crippen molar-refractivity contribution >= 4 is 22.9 Å². The first-order valence-corrected chi connectivity index (χ1v) is 5.49. The van der Waals surface area contributed by atoms with Gasteiger partial charge in [0.2, 0.25) is 0 Å². The smallest absolute Gasteiger partial charge is 0.279 e. The van der Waals surface area contributed by atoms with E-state index in [2.05, 4.69) is 4.98 Å². The molecule has 0 fully saturated rings. The van der Waals surface area contributed by atoms with Crippen LogP contribution in [0, 0.1) is 17.0 Å². The zero-order valence-corrected chi connectivity index (χ0v) is 9.84. The normalized spacial score (nSPS) is 12.6. The molecule has 6 nitrogen and oxygen atoms in total. The van der Waals surface area contributed by atoms with Gasteiger partial charge in [-0.05, 0) is 24.5 Å². The SMILES string of the molecule is Cc1ccc([N+](=O)[O-])c2c(C[C@H](N)C=O)c[nH]c12. The number of benzene rings is 1. The minimum absolute atomic E-state index is 0.0324. The third-order valence-electron chi connectivity index (χ3n) is 2.93. The largest absolute Gasteiger partial charge is 0.360 e. The predicted octanol–water partition coefficient (Wildman–Crippen LogP) is 1.45. The van der Waals surface area contributed by atoms with Crippen molar-refractivity contribution in [2.75, 3.05) is 0 Å². The number of nitro groups is 1. The minimum atomic E-state index is -0.649. The Morgan fingerprint density at radius 3 is 2.89 bits per heavy atom. The van der Waals surface area contributed by atoms with Gasteiger partial charge in [-0.1, -0.05) is 6.07 Å². The van der Waals surface area contributed by atoms with Crippen molar-refractivity contribution in [2.24, 2.45) is 5.73 Å². The minimum Gasteiger partial charge on any atom is -0.360 e. The average molecular weight is 247 g/mol. The highest BCUT2D eigenvalue weighted by Gasteiger charge is 2.19. The van der Waals surface area contributed by atoms with Crippen molar-refractivity contribution in [1.82, 2.24) is 4.98 Å². The Morgan fingerprint density at radius 2 is 2.28 bits per heavy atom. The van der Waals surface area contributed by atoms with Crippen molar-refractivity contribution in [3.05, 3.63) is 39.6 Å². The van der Waals surface area contributed by atoms with Gasteiger partial charge in [0.25, 0.3) is 5.69 Å². The van der Waals surface area contributed by atoms with E-state index in [4.69, 9.17) is 5.73 Å². The standard InChI is InChI=1S/C12H13N3O3/c1-7-2-3-10(15(17)18)11-8(4-9(13)6-16)5-14-12(7)11/h2-3,5-6,9,14H,4,13H2,1H3/t9-/m0/s1. The number of nitrogens with two attached hydrogens (primary N) is 1. The van der Waals surface area contributed by atoms with E-state index in [0.717, 1.165) is 11.1 Å². The lowest BCUT2D eigenvalue weighted by Gasteiger charge is -2.03. The molecule has 2 rings (SSSR count). The number of non-ortho nitro benzene ring substituents is 1. The topological polar surface area (TPSA) is 102 Å². The van der Waals surface area contributed by atoms with Gasteiger partial charge in [-0.2, -0.15) is 0 Å². The molecule has 0 spiro atoms. The molecule has 0 aliphatic carbocycles. The van der Waals surface area contributed by atoms with Crippen LogP contribution in [0.3, 0.4) is 0 Å². The van der Waals surface area contributed by atoms with Gasteiger partial charge in [0.1, 0.15) is 6.29 Å². The summed E-state index contributed by atoms with van der Waals surface area (Å²) in [7, 11) is 0. The Kier molecular flexibility index (Phi) is 3.12. The van der Waals surface area contributed by atoms with E-state index >= 15 is 0 Å². The van der Waals surface area contributed by atoms with Crippen LogP contribution in [0.5, 0.6) is 0 Å². The number of aromatic amines is 1. The number of rotatable bonds is 4. The fourth-order valence-corrected chi connectivity index (χ4v) is 2.05. The van der Waals surface area contributed by atoms with E-state index in [1.54, 1.807) is 12.3 Å². The molecule has 1 aromatic heterocycles. The lowest BCUT2D eigenvalue weighted by Crippen LogP contribution is -2.23. The Balaban J connectivity index is 2.64. The zero-order chi connectivity index (χ0) is 13.3. The molecule has 0 aliphatic heterocycles. The Labute approximate surface area is 103 Å². The quantitative estimate of drug-likeness (QED) is 0.485. The van der Waals surface area contributed by atoms with E-state index in [-0.39, 0.29) is 12.1 Å². The molecule has 0 amide bonds. The van der Waals surface area contributed by atoms with Gasteiger partial charge < -0.3 is 15.5 Å². The fourth-order valence-electron chi connectivity index (χ4n) is 2.05. The number of nitro benzene ring substituents is 1. The van der Waals surface area contributed by atoms with Gasteiger partial charge in [0.15, 0.2) is 0 Å². The molecule has 1 aromatic carbocycles. The van der Waals surface area contributed by atoms with Crippen molar-refractivity contribution in [3.63, 3.8) is 0 Å². The van der Waals surface area contributed by atoms with Crippen molar-refractivity contribution < 1.29 is 9.72 Å². The molecule has 6 heteroatoms. The Bertz CT molecular complexity index is 618. The van der Waals surface area contributed by atoms with Crippen LogP contribution in [0.2, 0.25) is 0 Å². The van der Waals surface area contributed by atoms with Gasteiger partial charge >= 0.3 is 0 Å². The molecule has 3 N–H and O–H groups in total. The Morgan fingerprint density at radius 1 is 1.56 bits per heavy atom. The number of hydrogen-bond acceptors (Lipinski definition) is 4. The van der Waals surface area contributed by atoms with Crippen LogP contribution in [0.15, 0.2) is 18.3 Å². The number of hydrogen-bond donors (Lipinski definition) is 2. The van der Waals surface area contributed by atoms with Crippen LogP contribution in [0.1, 0.15) is 11.1 Å². The summed E-state index contributed by atoms with van der Waals surface area (Å²) in [5.41, 5.74) is 7.93. The fraction of sp³-hybridized carbons (Fsp3) is 0.250. The molecule has 18 heavy (non-hydrogen) atoms. The second kappa shape index (κ2) is 4.58. The van der Waals surface area contributed by atoms with Crippen LogP contribution in [-0.2, 0) is 11.2 Å². The van der Waals surface area contributed by atoms with E-state index < -0.39 is 11.0 Å². The number of carbonyl (C=O) groups is 1. The van der Waals surface area contributed by atoms with E-state index in [1.165, 1.54) is 6.07 Å². The molecule has 0 unspecified atom stereocenters. The second-order valence-electron chi connectivity index (χ2n) is 4.23. The van der Waals surface area contributed by atoms with E-state index in [1.807, 2.05) is 6.92 Å². The molecule has 0 saturated heterocycles. The van der Waals surface area contributed by atoms with Gasteiger partial charge in [-0.25, -0.2) is 0 Å². The average Bonchev–Trinajstić information content (AvgIpc) is 2.74. The number of aldehydes is 1. The molecule has 0 aliphatic rings. The zero-order valence-electron chi connectivity index (χ0n) is 9.84. The molecular weight excluding hydrogens is 234 g/mol. The molecule has 1 atom stereocenters. The summed E-state index contributed by atoms with van der Waals surface area (Å²) in [6, 6.07) is 2.52. The number of aromatic nitrogens is 1. The van der Waals surface area contributed by atoms with Crippen molar-refractivity contribution in [1.29, 1.82) is 0 Å². The van der Waals surface area contributed by atoms with Crippen LogP contribution in [0.25, 0.3) is 10.9 Å². The number of carbonyl (C=O) groups excluding carboxylic acids is 1. The third-order valence-corrected chi connectivity index (χ3v) is 2.93. The van der Waals surface area contributed by atoms with Crippen LogP contribution in [0.4, 0.5) is 5.69 Å². The van der Waals surface area contributed by atoms with Gasteiger partial charge in [0.05, 0.1) is 21.9 Å². The summed E-state index contributed by atoms with van der Waals surface area (Å²) < 4.78 is 0. The summed E-state index contributed by atoms with van der Waals surface area (Å²) in [4.78, 5) is 24.2. The maximum atomic E-state index is 11.0. The number of H-pyrrole nitrogens is 1. The maximum Gasteiger partial charge on any atom is 0.279 e. The van der Waals surface area contributed by atoms with Crippen molar-refractivity contribution in [2.45, 2.75) is 19.4 Å². The molecule has 1 heterocycles. The number of nitrogens with zero attached hydrogens (tertiary/aromatic N) is 1. The Hall–Kier alpha value is -2.21. The predicted molar refractivity (Wildman–Crippen MR) is 67.4 cm³/mol. The molecule has 0 radical (unpaired) electrons. The first kappa shape index (κ1) is 12.3. The number of nitrogens with one attached hydrogen (secondary N) is 1. The van der Waals surface area contributed by atoms with Crippen LogP contribution < -0.4 is 5.73 Å². The molecule has 0 saturated carbocycles. The first-order valence-electron chi connectivity index (χ1n) is 5.49. The van der Waals surface area contributed by atoms with Gasteiger partial charge in [-0.3, -0.25) is 10.1 Å². The lowest BCUT2D eigenvalue weighted by molar-refractivity contribution is -0.383. The number of aryl methyl sites for hydroxylation is 1. The molecule has 0 bridgehead atoms. The highest BCUT2D eigenvalue weighted by molar-refractivity contribution is 5.94. The van der Waals surface area contributed by atoms with Crippen molar-refractivity contribution in [3.8, 4) is 0 Å². The monoisotopic (exact) mass is 247 g/mol. The first-order chi connectivity index (χ1) is 8.54.